The van der Waals surface area contributed by atoms with E-state index < -0.39 is 33.6 Å². The number of nitro groups is 1. The number of nitrogens with zero attached hydrogens (tertiary/aromatic N) is 5. The molecule has 0 saturated carbocycles. The van der Waals surface area contributed by atoms with Gasteiger partial charge in [-0.15, -0.1) is 0 Å². The molecular weight excluding hydrogens is 442 g/mol. The summed E-state index contributed by atoms with van der Waals surface area (Å²) in [5.74, 6) is -0.703. The van der Waals surface area contributed by atoms with Crippen LogP contribution in [0.5, 0.6) is 0 Å². The number of benzene rings is 2. The number of hydrogen-bond acceptors (Lipinski definition) is 8. The first-order valence-electron chi connectivity index (χ1n) is 9.55. The second kappa shape index (κ2) is 9.70. The minimum absolute atomic E-state index is 0.0181. The summed E-state index contributed by atoms with van der Waals surface area (Å²) in [4.78, 5) is 29.2. The van der Waals surface area contributed by atoms with Crippen LogP contribution in [0.4, 0.5) is 5.69 Å². The molecule has 32 heavy (non-hydrogen) atoms. The lowest BCUT2D eigenvalue weighted by atomic mass is 10.1. The molecule has 0 radical (unpaired) electrons. The fourth-order valence-electron chi connectivity index (χ4n) is 3.51. The molecule has 1 fully saturated rings. The maximum absolute atomic E-state index is 13.4. The summed E-state index contributed by atoms with van der Waals surface area (Å²) in [7, 11) is -2.92. The molecule has 1 aliphatic heterocycles. The third-order valence-electron chi connectivity index (χ3n) is 4.84. The van der Waals surface area contributed by atoms with Gasteiger partial charge in [0.05, 0.1) is 9.82 Å². The summed E-state index contributed by atoms with van der Waals surface area (Å²) in [6.07, 6.45) is -0.874. The minimum Gasteiger partial charge on any atom is -0.597 e. The molecule has 0 aliphatic carbocycles. The third kappa shape index (κ3) is 4.84. The number of carbonyl (C=O) groups is 1. The second-order valence-electron chi connectivity index (χ2n) is 6.87. The first kappa shape index (κ1) is 23.1. The monoisotopic (exact) mass is 463 g/mol. The second-order valence-corrected chi connectivity index (χ2v) is 8.76. The molecule has 1 amide bonds. The number of rotatable bonds is 7. The number of carbonyl (C=O) groups excluding carboxylic acids is 1. The smallest absolute Gasteiger partial charge is 0.293 e. The molecule has 2 aromatic carbocycles. The molecule has 12 nitrogen and oxygen atoms in total. The van der Waals surface area contributed by atoms with Crippen LogP contribution in [0.25, 0.3) is 0 Å². The van der Waals surface area contributed by atoms with E-state index in [-0.39, 0.29) is 34.1 Å². The first-order chi connectivity index (χ1) is 15.3. The molecule has 0 bridgehead atoms. The van der Waals surface area contributed by atoms with Gasteiger partial charge in [0, 0.05) is 25.2 Å². The number of nitro benzene ring substituents is 1. The molecule has 13 heteroatoms. The summed E-state index contributed by atoms with van der Waals surface area (Å²) < 4.78 is 28.0. The van der Waals surface area contributed by atoms with E-state index >= 15 is 0 Å². The van der Waals surface area contributed by atoms with Gasteiger partial charge >= 0.3 is 0 Å². The molecule has 1 saturated heterocycles. The fraction of sp³-hybridized carbons (Fsp3) is 0.316. The van der Waals surface area contributed by atoms with Gasteiger partial charge in [0.1, 0.15) is 13.3 Å². The van der Waals surface area contributed by atoms with E-state index in [1.807, 2.05) is 0 Å². The zero-order chi connectivity index (χ0) is 23.3. The van der Waals surface area contributed by atoms with Crippen LogP contribution in [0, 0.1) is 15.3 Å². The Balaban J connectivity index is 2.09. The standard InChI is InChI=1S/C19H21N5O7S/c1-31-20-23(26)14-18(25)21-11-6-12-22(32(29,30)17-9-3-2-4-10-17)19(21)15-7-5-8-16(13-15)24(27)28/h2-5,7-10,13,19H,6,11-12,14H2,1H3/b23-20-. The lowest BCUT2D eigenvalue weighted by Crippen LogP contribution is -2.53. The van der Waals surface area contributed by atoms with Crippen LogP contribution in [0.15, 0.2) is 64.8 Å². The summed E-state index contributed by atoms with van der Waals surface area (Å²) in [6, 6.07) is 13.1. The minimum atomic E-state index is -4.07. The maximum atomic E-state index is 13.4. The predicted molar refractivity (Wildman–Crippen MR) is 110 cm³/mol. The average molecular weight is 463 g/mol. The summed E-state index contributed by atoms with van der Waals surface area (Å²) in [5.41, 5.74) is -0.0229. The van der Waals surface area contributed by atoms with Crippen molar-refractivity contribution in [3.63, 3.8) is 0 Å². The van der Waals surface area contributed by atoms with Gasteiger partial charge in [-0.1, -0.05) is 30.3 Å². The highest BCUT2D eigenvalue weighted by molar-refractivity contribution is 7.89. The lowest BCUT2D eigenvalue weighted by molar-refractivity contribution is -0.547. The van der Waals surface area contributed by atoms with Crippen LogP contribution in [0.3, 0.4) is 0 Å². The number of sulfonamides is 1. The number of hydrogen-bond donors (Lipinski definition) is 0. The molecule has 3 rings (SSSR count). The SMILES string of the molecule is CO/N=[N+](\[O-])CC(=O)N1CCCN(S(=O)(=O)c2ccccc2)C1c1cccc([N+](=O)[O-])c1. The van der Waals surface area contributed by atoms with Gasteiger partial charge in [0.25, 0.3) is 18.1 Å². The first-order valence-corrected chi connectivity index (χ1v) is 11.0. The van der Waals surface area contributed by atoms with Crippen molar-refractivity contribution >= 4 is 21.6 Å². The molecule has 1 aliphatic rings. The van der Waals surface area contributed by atoms with Crippen molar-refractivity contribution in [2.45, 2.75) is 17.5 Å². The highest BCUT2D eigenvalue weighted by atomic mass is 32.2. The van der Waals surface area contributed by atoms with Crippen LogP contribution < -0.4 is 0 Å². The Morgan fingerprint density at radius 3 is 2.53 bits per heavy atom. The number of hydroxylamine groups is 1. The van der Waals surface area contributed by atoms with E-state index in [1.54, 1.807) is 18.2 Å². The van der Waals surface area contributed by atoms with Gasteiger partial charge in [-0.3, -0.25) is 14.9 Å². The Morgan fingerprint density at radius 2 is 1.88 bits per heavy atom. The van der Waals surface area contributed by atoms with Crippen LogP contribution in [-0.2, 0) is 19.7 Å². The molecule has 0 spiro atoms. The Labute approximate surface area is 184 Å². The van der Waals surface area contributed by atoms with E-state index in [1.165, 1.54) is 41.3 Å². The quantitative estimate of drug-likeness (QED) is 0.264. The van der Waals surface area contributed by atoms with Crippen LogP contribution in [-0.4, -0.2) is 60.1 Å². The Kier molecular flexibility index (Phi) is 7.00. The van der Waals surface area contributed by atoms with Gasteiger partial charge in [-0.05, 0) is 29.0 Å². The summed E-state index contributed by atoms with van der Waals surface area (Å²) in [5, 5.41) is 26.1. The molecule has 0 aromatic heterocycles. The number of non-ortho nitro benzene ring substituents is 1. The van der Waals surface area contributed by atoms with Crippen molar-refractivity contribution in [2.75, 3.05) is 26.7 Å². The van der Waals surface area contributed by atoms with E-state index in [9.17, 15) is 28.5 Å². The van der Waals surface area contributed by atoms with Crippen molar-refractivity contribution in [1.82, 2.24) is 9.21 Å². The average Bonchev–Trinajstić information content (AvgIpc) is 2.79. The Bertz CT molecular complexity index is 1120. The van der Waals surface area contributed by atoms with E-state index in [4.69, 9.17) is 0 Å². The largest absolute Gasteiger partial charge is 0.597 e. The molecule has 1 unspecified atom stereocenters. The topological polar surface area (TPSA) is 148 Å². The van der Waals surface area contributed by atoms with Gasteiger partial charge in [0.15, 0.2) is 5.28 Å². The zero-order valence-electron chi connectivity index (χ0n) is 17.1. The van der Waals surface area contributed by atoms with Gasteiger partial charge in [0.2, 0.25) is 10.0 Å². The van der Waals surface area contributed by atoms with Crippen molar-refractivity contribution in [3.8, 4) is 0 Å². The maximum Gasteiger partial charge on any atom is 0.293 e. The Hall–Kier alpha value is -3.58. The zero-order valence-corrected chi connectivity index (χ0v) is 17.9. The van der Waals surface area contributed by atoms with Crippen LogP contribution in [0.1, 0.15) is 18.2 Å². The molecule has 0 N–H and O–H groups in total. The fourth-order valence-corrected chi connectivity index (χ4v) is 5.15. The van der Waals surface area contributed by atoms with E-state index in [0.717, 1.165) is 11.4 Å². The third-order valence-corrected chi connectivity index (χ3v) is 6.71. The summed E-state index contributed by atoms with van der Waals surface area (Å²) >= 11 is 0. The predicted octanol–water partition coefficient (Wildman–Crippen LogP) is 2.04. The highest BCUT2D eigenvalue weighted by Crippen LogP contribution is 2.35. The van der Waals surface area contributed by atoms with Gasteiger partial charge < -0.3 is 14.9 Å². The van der Waals surface area contributed by atoms with Crippen LogP contribution in [0.2, 0.25) is 0 Å². The van der Waals surface area contributed by atoms with Crippen molar-refractivity contribution in [1.29, 1.82) is 0 Å². The van der Waals surface area contributed by atoms with Crippen LogP contribution >= 0.6 is 0 Å². The lowest BCUT2D eigenvalue weighted by Gasteiger charge is -2.42. The molecule has 1 heterocycles. The number of amides is 1. The summed E-state index contributed by atoms with van der Waals surface area (Å²) in [6.45, 7) is -0.482. The molecule has 170 valence electrons. The normalized spacial score (nSPS) is 17.7. The molecule has 1 atom stereocenters. The van der Waals surface area contributed by atoms with Gasteiger partial charge in [-0.2, -0.15) is 4.31 Å². The molecule has 2 aromatic rings. The van der Waals surface area contributed by atoms with Crippen molar-refractivity contribution in [3.05, 3.63) is 75.5 Å². The Morgan fingerprint density at radius 1 is 1.16 bits per heavy atom. The van der Waals surface area contributed by atoms with Gasteiger partial charge in [-0.25, -0.2) is 8.42 Å². The van der Waals surface area contributed by atoms with E-state index in [0.29, 0.717) is 6.42 Å². The van der Waals surface area contributed by atoms with E-state index in [2.05, 4.69) is 10.1 Å². The van der Waals surface area contributed by atoms with Crippen molar-refractivity contribution in [2.24, 2.45) is 5.28 Å². The van der Waals surface area contributed by atoms with Crippen molar-refractivity contribution < 1.29 is 27.8 Å². The highest BCUT2D eigenvalue weighted by Gasteiger charge is 2.42. The molecular formula is C19H21N5O7S.